The zero-order chi connectivity index (χ0) is 15.5. The van der Waals surface area contributed by atoms with Gasteiger partial charge in [-0.25, -0.2) is 0 Å². The van der Waals surface area contributed by atoms with Gasteiger partial charge >= 0.3 is 6.18 Å². The van der Waals surface area contributed by atoms with Crippen molar-refractivity contribution < 1.29 is 13.2 Å². The van der Waals surface area contributed by atoms with Gasteiger partial charge in [-0.1, -0.05) is 18.2 Å². The molecule has 3 N–H and O–H groups in total. The fraction of sp³-hybridized carbons (Fsp3) is 0.267. The molecule has 3 nitrogen and oxygen atoms in total. The number of nitrogens with zero attached hydrogens (tertiary/aromatic N) is 1. The van der Waals surface area contributed by atoms with Crippen LogP contribution in [0, 0.1) is 6.92 Å². The van der Waals surface area contributed by atoms with E-state index in [-0.39, 0.29) is 6.04 Å². The van der Waals surface area contributed by atoms with E-state index in [2.05, 4.69) is 10.4 Å². The summed E-state index contributed by atoms with van der Waals surface area (Å²) in [5.41, 5.74) is 4.57. The van der Waals surface area contributed by atoms with Crippen molar-refractivity contribution >= 4 is 0 Å². The molecule has 1 aromatic carbocycles. The third-order valence-electron chi connectivity index (χ3n) is 3.26. The second-order valence-electron chi connectivity index (χ2n) is 4.85. The summed E-state index contributed by atoms with van der Waals surface area (Å²) in [6.45, 7) is 1.88. The normalized spacial score (nSPS) is 13.2. The molecule has 21 heavy (non-hydrogen) atoms. The van der Waals surface area contributed by atoms with Crippen molar-refractivity contribution in [1.82, 2.24) is 10.4 Å². The summed E-state index contributed by atoms with van der Waals surface area (Å²) >= 11 is 0. The average molecular weight is 295 g/mol. The number of aryl methyl sites for hydroxylation is 1. The highest BCUT2D eigenvalue weighted by Crippen LogP contribution is 2.29. The molecule has 0 aliphatic carbocycles. The van der Waals surface area contributed by atoms with Gasteiger partial charge in [0, 0.05) is 11.9 Å². The molecule has 2 rings (SSSR count). The minimum atomic E-state index is -4.31. The molecule has 0 aliphatic rings. The smallest absolute Gasteiger partial charge is 0.271 e. The quantitative estimate of drug-likeness (QED) is 0.673. The van der Waals surface area contributed by atoms with E-state index in [1.807, 2.05) is 19.1 Å². The zero-order valence-corrected chi connectivity index (χ0v) is 11.5. The molecule has 1 unspecified atom stereocenters. The van der Waals surface area contributed by atoms with Gasteiger partial charge in [0.1, 0.15) is 0 Å². The SMILES string of the molecule is Cc1ccc(C(Cc2ccc(C(F)(F)F)cc2)NN)cn1. The number of hydrazine groups is 1. The molecule has 1 heterocycles. The van der Waals surface area contributed by atoms with Crippen LogP contribution in [-0.2, 0) is 12.6 Å². The predicted octanol–water partition coefficient (Wildman–Crippen LogP) is 3.16. The highest BCUT2D eigenvalue weighted by Gasteiger charge is 2.30. The fourth-order valence-electron chi connectivity index (χ4n) is 2.02. The van der Waals surface area contributed by atoms with E-state index in [1.54, 1.807) is 6.20 Å². The number of benzene rings is 1. The van der Waals surface area contributed by atoms with Crippen molar-refractivity contribution in [3.05, 3.63) is 65.0 Å². The number of pyridine rings is 1. The topological polar surface area (TPSA) is 50.9 Å². The maximum Gasteiger partial charge on any atom is 0.416 e. The first kappa shape index (κ1) is 15.5. The molecule has 1 aromatic heterocycles. The highest BCUT2D eigenvalue weighted by atomic mass is 19.4. The van der Waals surface area contributed by atoms with Crippen molar-refractivity contribution in [2.75, 3.05) is 0 Å². The van der Waals surface area contributed by atoms with Gasteiger partial charge in [0.25, 0.3) is 0 Å². The molecular formula is C15H16F3N3. The van der Waals surface area contributed by atoms with Crippen molar-refractivity contribution in [2.24, 2.45) is 5.84 Å². The minimum absolute atomic E-state index is 0.199. The Labute approximate surface area is 121 Å². The molecule has 0 saturated heterocycles. The lowest BCUT2D eigenvalue weighted by molar-refractivity contribution is -0.137. The Hall–Kier alpha value is -1.92. The first-order valence-electron chi connectivity index (χ1n) is 6.45. The van der Waals surface area contributed by atoms with Crippen LogP contribution >= 0.6 is 0 Å². The van der Waals surface area contributed by atoms with E-state index in [4.69, 9.17) is 5.84 Å². The van der Waals surface area contributed by atoms with Gasteiger partial charge in [-0.15, -0.1) is 0 Å². The van der Waals surface area contributed by atoms with Gasteiger partial charge < -0.3 is 0 Å². The first-order chi connectivity index (χ1) is 9.90. The molecular weight excluding hydrogens is 279 g/mol. The summed E-state index contributed by atoms with van der Waals surface area (Å²) in [5.74, 6) is 5.53. The van der Waals surface area contributed by atoms with Crippen molar-refractivity contribution in [3.63, 3.8) is 0 Å². The number of nitrogens with two attached hydrogens (primary N) is 1. The number of hydrogen-bond donors (Lipinski definition) is 2. The molecule has 0 bridgehead atoms. The second kappa shape index (κ2) is 6.24. The van der Waals surface area contributed by atoms with Crippen molar-refractivity contribution in [1.29, 1.82) is 0 Å². The van der Waals surface area contributed by atoms with Crippen molar-refractivity contribution in [2.45, 2.75) is 25.6 Å². The van der Waals surface area contributed by atoms with Gasteiger partial charge in [0.2, 0.25) is 0 Å². The summed E-state index contributed by atoms with van der Waals surface area (Å²) in [4.78, 5) is 4.19. The van der Waals surface area contributed by atoms with Crippen LogP contribution in [0.15, 0.2) is 42.6 Å². The number of rotatable bonds is 4. The lowest BCUT2D eigenvalue weighted by Crippen LogP contribution is -2.29. The molecule has 0 aliphatic heterocycles. The monoisotopic (exact) mass is 295 g/mol. The molecule has 6 heteroatoms. The van der Waals surface area contributed by atoms with E-state index in [1.165, 1.54) is 12.1 Å². The molecule has 2 aromatic rings. The van der Waals surface area contributed by atoms with Crippen LogP contribution in [0.3, 0.4) is 0 Å². The van der Waals surface area contributed by atoms with Gasteiger partial charge in [-0.3, -0.25) is 16.3 Å². The molecule has 0 radical (unpaired) electrons. The second-order valence-corrected chi connectivity index (χ2v) is 4.85. The van der Waals surface area contributed by atoms with Crippen LogP contribution in [0.4, 0.5) is 13.2 Å². The van der Waals surface area contributed by atoms with Gasteiger partial charge in [0.05, 0.1) is 11.6 Å². The first-order valence-corrected chi connectivity index (χ1v) is 6.45. The summed E-state index contributed by atoms with van der Waals surface area (Å²) in [7, 11) is 0. The molecule has 0 amide bonds. The van der Waals surface area contributed by atoms with Gasteiger partial charge in [0.15, 0.2) is 0 Å². The number of halogens is 3. The Balaban J connectivity index is 2.13. The van der Waals surface area contributed by atoms with Crippen LogP contribution in [-0.4, -0.2) is 4.98 Å². The molecule has 112 valence electrons. The number of alkyl halides is 3. The number of nitrogens with one attached hydrogen (secondary N) is 1. The molecule has 0 fully saturated rings. The Morgan fingerprint density at radius 2 is 1.81 bits per heavy atom. The van der Waals surface area contributed by atoms with E-state index in [9.17, 15) is 13.2 Å². The Bertz CT molecular complexity index is 577. The average Bonchev–Trinajstić information content (AvgIpc) is 2.45. The summed E-state index contributed by atoms with van der Waals surface area (Å²) in [5, 5.41) is 0. The van der Waals surface area contributed by atoms with Crippen molar-refractivity contribution in [3.8, 4) is 0 Å². The molecule has 1 atom stereocenters. The third-order valence-corrected chi connectivity index (χ3v) is 3.26. The highest BCUT2D eigenvalue weighted by molar-refractivity contribution is 5.27. The molecule has 0 spiro atoms. The van der Waals surface area contributed by atoms with Gasteiger partial charge in [-0.05, 0) is 42.7 Å². The van der Waals surface area contributed by atoms with Crippen LogP contribution in [0.2, 0.25) is 0 Å². The third kappa shape index (κ3) is 4.03. The maximum absolute atomic E-state index is 12.5. The van der Waals surface area contributed by atoms with Crippen LogP contribution in [0.5, 0.6) is 0 Å². The lowest BCUT2D eigenvalue weighted by Gasteiger charge is -2.16. The summed E-state index contributed by atoms with van der Waals surface area (Å²) < 4.78 is 37.5. The Kier molecular flexibility index (Phi) is 4.59. The number of aromatic nitrogens is 1. The van der Waals surface area contributed by atoms with Crippen LogP contribution in [0.25, 0.3) is 0 Å². The van der Waals surface area contributed by atoms with Gasteiger partial charge in [-0.2, -0.15) is 13.2 Å². The fourth-order valence-corrected chi connectivity index (χ4v) is 2.02. The summed E-state index contributed by atoms with van der Waals surface area (Å²) in [6, 6.07) is 8.66. The maximum atomic E-state index is 12.5. The van der Waals surface area contributed by atoms with Crippen LogP contribution < -0.4 is 11.3 Å². The molecule has 0 saturated carbocycles. The number of hydrogen-bond acceptors (Lipinski definition) is 3. The largest absolute Gasteiger partial charge is 0.416 e. The van der Waals surface area contributed by atoms with E-state index in [0.29, 0.717) is 6.42 Å². The predicted molar refractivity (Wildman–Crippen MR) is 74.2 cm³/mol. The van der Waals surface area contributed by atoms with E-state index in [0.717, 1.165) is 29.0 Å². The van der Waals surface area contributed by atoms with Crippen LogP contribution in [0.1, 0.15) is 28.4 Å². The standard InChI is InChI=1S/C15H16F3N3/c1-10-2-5-12(9-20-10)14(21-19)8-11-3-6-13(7-4-11)15(16,17)18/h2-7,9,14,21H,8,19H2,1H3. The van der Waals surface area contributed by atoms with E-state index < -0.39 is 11.7 Å². The summed E-state index contributed by atoms with van der Waals surface area (Å²) in [6.07, 6.45) is -2.12. The minimum Gasteiger partial charge on any atom is -0.271 e. The lowest BCUT2D eigenvalue weighted by atomic mass is 9.99. The van der Waals surface area contributed by atoms with E-state index >= 15 is 0 Å². The Morgan fingerprint density at radius 1 is 1.14 bits per heavy atom. The zero-order valence-electron chi connectivity index (χ0n) is 11.5. The Morgan fingerprint density at radius 3 is 2.29 bits per heavy atom.